The number of anilines is 1. The molecule has 110 valence electrons. The van der Waals surface area contributed by atoms with Gasteiger partial charge in [0, 0.05) is 17.8 Å². The van der Waals surface area contributed by atoms with E-state index in [9.17, 15) is 4.79 Å². The van der Waals surface area contributed by atoms with Crippen LogP contribution in [0.25, 0.3) is 0 Å². The molecular formula is C16H18N2O3. The molecule has 1 aromatic carbocycles. The number of aryl methyl sites for hydroxylation is 1. The fourth-order valence-electron chi connectivity index (χ4n) is 2.51. The minimum atomic E-state index is -0.311. The molecule has 3 rings (SSSR count). The lowest BCUT2D eigenvalue weighted by Gasteiger charge is -2.13. The molecule has 0 unspecified atom stereocenters. The Morgan fingerprint density at radius 2 is 2.14 bits per heavy atom. The minimum absolute atomic E-state index is 0.203. The number of hydrogen-bond acceptors (Lipinski definition) is 4. The highest BCUT2D eigenvalue weighted by atomic mass is 16.5. The number of ether oxygens (including phenoxy) is 1. The average Bonchev–Trinajstić information content (AvgIpc) is 3.11. The largest absolute Gasteiger partial charge is 0.490 e. The summed E-state index contributed by atoms with van der Waals surface area (Å²) in [6.45, 7) is 1.77. The van der Waals surface area contributed by atoms with Gasteiger partial charge < -0.3 is 14.6 Å². The van der Waals surface area contributed by atoms with E-state index in [-0.39, 0.29) is 11.7 Å². The van der Waals surface area contributed by atoms with E-state index in [1.54, 1.807) is 13.0 Å². The normalized spacial score (nSPS) is 15.1. The van der Waals surface area contributed by atoms with Gasteiger partial charge in [0.15, 0.2) is 0 Å². The molecule has 0 bridgehead atoms. The van der Waals surface area contributed by atoms with Gasteiger partial charge in [-0.2, -0.15) is 0 Å². The summed E-state index contributed by atoms with van der Waals surface area (Å²) in [7, 11) is 0. The van der Waals surface area contributed by atoms with E-state index < -0.39 is 0 Å². The molecular weight excluding hydrogens is 268 g/mol. The van der Waals surface area contributed by atoms with Crippen LogP contribution in [0.3, 0.4) is 0 Å². The molecule has 1 N–H and O–H groups in total. The molecule has 21 heavy (non-hydrogen) atoms. The molecule has 2 aromatic rings. The Bertz CT molecular complexity index is 630. The predicted octanol–water partition coefficient (Wildman–Crippen LogP) is 3.56. The molecule has 1 saturated carbocycles. The van der Waals surface area contributed by atoms with Crippen LogP contribution in [-0.2, 0) is 0 Å². The van der Waals surface area contributed by atoms with Gasteiger partial charge in [0.2, 0.25) is 5.76 Å². The molecule has 5 heteroatoms. The second-order valence-electron chi connectivity index (χ2n) is 5.34. The lowest BCUT2D eigenvalue weighted by Crippen LogP contribution is -2.13. The summed E-state index contributed by atoms with van der Waals surface area (Å²) in [6, 6.07) is 9.04. The second-order valence-corrected chi connectivity index (χ2v) is 5.34. The molecule has 1 fully saturated rings. The first-order chi connectivity index (χ1) is 10.2. The summed E-state index contributed by atoms with van der Waals surface area (Å²) in [6.07, 6.45) is 4.97. The maximum atomic E-state index is 12.0. The van der Waals surface area contributed by atoms with Crippen LogP contribution in [-0.4, -0.2) is 17.2 Å². The Hall–Kier alpha value is -2.30. The monoisotopic (exact) mass is 286 g/mol. The SMILES string of the molecule is Cc1cc(C(=O)Nc2cccc(OC3CCCC3)c2)on1. The molecule has 0 atom stereocenters. The highest BCUT2D eigenvalue weighted by Gasteiger charge is 2.17. The Kier molecular flexibility index (Phi) is 3.90. The van der Waals surface area contributed by atoms with Crippen LogP contribution >= 0.6 is 0 Å². The van der Waals surface area contributed by atoms with Gasteiger partial charge in [-0.3, -0.25) is 4.79 Å². The average molecular weight is 286 g/mol. The maximum Gasteiger partial charge on any atom is 0.294 e. The van der Waals surface area contributed by atoms with Crippen molar-refractivity contribution in [2.75, 3.05) is 5.32 Å². The molecule has 1 aliphatic carbocycles. The van der Waals surface area contributed by atoms with Gasteiger partial charge >= 0.3 is 0 Å². The summed E-state index contributed by atoms with van der Waals surface area (Å²) in [5.41, 5.74) is 1.36. The third-order valence-electron chi connectivity index (χ3n) is 3.55. The zero-order valence-corrected chi connectivity index (χ0v) is 12.0. The molecule has 0 spiro atoms. The third kappa shape index (κ3) is 3.42. The van der Waals surface area contributed by atoms with Crippen LogP contribution in [0, 0.1) is 6.92 Å². The standard InChI is InChI=1S/C16H18N2O3/c1-11-9-15(21-18-11)16(19)17-12-5-4-8-14(10-12)20-13-6-2-3-7-13/h4-5,8-10,13H,2-3,6-7H2,1H3,(H,17,19). The summed E-state index contributed by atoms with van der Waals surface area (Å²) in [5.74, 6) is 0.677. The van der Waals surface area contributed by atoms with Gasteiger partial charge in [-0.05, 0) is 44.7 Å². The van der Waals surface area contributed by atoms with E-state index in [1.165, 1.54) is 12.8 Å². The Balaban J connectivity index is 1.66. The van der Waals surface area contributed by atoms with Gasteiger partial charge in [0.05, 0.1) is 11.8 Å². The van der Waals surface area contributed by atoms with E-state index in [2.05, 4.69) is 10.5 Å². The first kappa shape index (κ1) is 13.7. The number of nitrogens with one attached hydrogen (secondary N) is 1. The topological polar surface area (TPSA) is 64.4 Å². The Labute approximate surface area is 123 Å². The van der Waals surface area contributed by atoms with Crippen molar-refractivity contribution in [2.24, 2.45) is 0 Å². The molecule has 0 saturated heterocycles. The van der Waals surface area contributed by atoms with Gasteiger partial charge in [0.1, 0.15) is 5.75 Å². The van der Waals surface area contributed by atoms with E-state index in [0.29, 0.717) is 17.5 Å². The van der Waals surface area contributed by atoms with Crippen molar-refractivity contribution in [3.8, 4) is 5.75 Å². The molecule has 1 amide bonds. The summed E-state index contributed by atoms with van der Waals surface area (Å²) >= 11 is 0. The Morgan fingerprint density at radius 3 is 2.86 bits per heavy atom. The van der Waals surface area contributed by atoms with Crippen molar-refractivity contribution < 1.29 is 14.1 Å². The van der Waals surface area contributed by atoms with Crippen LogP contribution < -0.4 is 10.1 Å². The first-order valence-electron chi connectivity index (χ1n) is 7.22. The molecule has 0 aliphatic heterocycles. The first-order valence-corrected chi connectivity index (χ1v) is 7.22. The summed E-state index contributed by atoms with van der Waals surface area (Å²) in [5, 5.41) is 6.49. The number of aromatic nitrogens is 1. The van der Waals surface area contributed by atoms with Crippen molar-refractivity contribution in [3.05, 3.63) is 41.8 Å². The van der Waals surface area contributed by atoms with E-state index >= 15 is 0 Å². The zero-order chi connectivity index (χ0) is 14.7. The fraction of sp³-hybridized carbons (Fsp3) is 0.375. The number of amides is 1. The number of benzene rings is 1. The zero-order valence-electron chi connectivity index (χ0n) is 12.0. The van der Waals surface area contributed by atoms with Gasteiger partial charge in [-0.1, -0.05) is 11.2 Å². The predicted molar refractivity (Wildman–Crippen MR) is 78.5 cm³/mol. The second kappa shape index (κ2) is 5.99. The van der Waals surface area contributed by atoms with Crippen molar-refractivity contribution in [2.45, 2.75) is 38.7 Å². The molecule has 5 nitrogen and oxygen atoms in total. The van der Waals surface area contributed by atoms with Gasteiger partial charge in [-0.25, -0.2) is 0 Å². The van der Waals surface area contributed by atoms with E-state index in [1.807, 2.05) is 24.3 Å². The molecule has 1 aliphatic rings. The highest BCUT2D eigenvalue weighted by molar-refractivity contribution is 6.02. The van der Waals surface area contributed by atoms with Crippen molar-refractivity contribution in [1.29, 1.82) is 0 Å². The summed E-state index contributed by atoms with van der Waals surface area (Å²) < 4.78 is 10.9. The minimum Gasteiger partial charge on any atom is -0.490 e. The number of hydrogen-bond donors (Lipinski definition) is 1. The Morgan fingerprint density at radius 1 is 1.33 bits per heavy atom. The lowest BCUT2D eigenvalue weighted by atomic mass is 10.2. The quantitative estimate of drug-likeness (QED) is 0.933. The highest BCUT2D eigenvalue weighted by Crippen LogP contribution is 2.25. The third-order valence-corrected chi connectivity index (χ3v) is 3.55. The van der Waals surface area contributed by atoms with Crippen LogP contribution in [0.1, 0.15) is 41.9 Å². The number of carbonyl (C=O) groups excluding carboxylic acids is 1. The molecule has 1 heterocycles. The summed E-state index contributed by atoms with van der Waals surface area (Å²) in [4.78, 5) is 12.0. The number of rotatable bonds is 4. The lowest BCUT2D eigenvalue weighted by molar-refractivity contribution is 0.0988. The molecule has 0 radical (unpaired) electrons. The fourth-order valence-corrected chi connectivity index (χ4v) is 2.51. The van der Waals surface area contributed by atoms with Crippen LogP contribution in [0.2, 0.25) is 0 Å². The van der Waals surface area contributed by atoms with E-state index in [4.69, 9.17) is 9.26 Å². The van der Waals surface area contributed by atoms with E-state index in [0.717, 1.165) is 18.6 Å². The van der Waals surface area contributed by atoms with Crippen LogP contribution in [0.4, 0.5) is 5.69 Å². The van der Waals surface area contributed by atoms with Gasteiger partial charge in [0.25, 0.3) is 5.91 Å². The van der Waals surface area contributed by atoms with Crippen molar-refractivity contribution in [3.63, 3.8) is 0 Å². The van der Waals surface area contributed by atoms with Crippen molar-refractivity contribution in [1.82, 2.24) is 5.16 Å². The van der Waals surface area contributed by atoms with Crippen LogP contribution in [0.5, 0.6) is 5.75 Å². The smallest absolute Gasteiger partial charge is 0.294 e. The van der Waals surface area contributed by atoms with Crippen LogP contribution in [0.15, 0.2) is 34.9 Å². The van der Waals surface area contributed by atoms with Gasteiger partial charge in [-0.15, -0.1) is 0 Å². The molecule has 1 aromatic heterocycles. The number of nitrogens with zero attached hydrogens (tertiary/aromatic N) is 1. The maximum absolute atomic E-state index is 12.0. The number of carbonyl (C=O) groups is 1. The van der Waals surface area contributed by atoms with Crippen molar-refractivity contribution >= 4 is 11.6 Å².